The number of nitrogens with one attached hydrogen (secondary N) is 1. The average Bonchev–Trinajstić information content (AvgIpc) is 2.41. The first-order chi connectivity index (χ1) is 9.88. The Bertz CT molecular complexity index is 687. The summed E-state index contributed by atoms with van der Waals surface area (Å²) < 4.78 is 0. The molecule has 0 aliphatic carbocycles. The second-order valence-electron chi connectivity index (χ2n) is 4.75. The standard InChI is InChI=1S/C15H15Cl2N3O/c1-20(2)14-6-4-10(8-13(14)17)19-15(21)11-7-9(18)3-5-12(11)16/h3-8H,18H2,1-2H3,(H,19,21). The van der Waals surface area contributed by atoms with Gasteiger partial charge in [-0.2, -0.15) is 0 Å². The maximum Gasteiger partial charge on any atom is 0.257 e. The van der Waals surface area contributed by atoms with Crippen molar-refractivity contribution >= 4 is 46.2 Å². The summed E-state index contributed by atoms with van der Waals surface area (Å²) >= 11 is 12.2. The van der Waals surface area contributed by atoms with E-state index in [1.165, 1.54) is 6.07 Å². The van der Waals surface area contributed by atoms with Crippen molar-refractivity contribution in [3.8, 4) is 0 Å². The number of nitrogens with zero attached hydrogens (tertiary/aromatic N) is 1. The van der Waals surface area contributed by atoms with Gasteiger partial charge in [-0.25, -0.2) is 0 Å². The monoisotopic (exact) mass is 323 g/mol. The Hall–Kier alpha value is -1.91. The van der Waals surface area contributed by atoms with Crippen LogP contribution in [0.25, 0.3) is 0 Å². The molecule has 0 saturated carbocycles. The highest BCUT2D eigenvalue weighted by Gasteiger charge is 2.12. The van der Waals surface area contributed by atoms with E-state index in [2.05, 4.69) is 5.32 Å². The lowest BCUT2D eigenvalue weighted by Gasteiger charge is -2.15. The molecule has 0 radical (unpaired) electrons. The van der Waals surface area contributed by atoms with E-state index in [1.54, 1.807) is 24.3 Å². The lowest BCUT2D eigenvalue weighted by Crippen LogP contribution is -2.14. The molecule has 0 atom stereocenters. The molecule has 6 heteroatoms. The Morgan fingerprint density at radius 1 is 1.10 bits per heavy atom. The van der Waals surface area contributed by atoms with Crippen LogP contribution >= 0.6 is 23.2 Å². The molecule has 0 aliphatic rings. The smallest absolute Gasteiger partial charge is 0.257 e. The fourth-order valence-corrected chi connectivity index (χ4v) is 2.42. The van der Waals surface area contributed by atoms with Crippen LogP contribution < -0.4 is 16.0 Å². The van der Waals surface area contributed by atoms with Gasteiger partial charge < -0.3 is 16.0 Å². The van der Waals surface area contributed by atoms with Crippen LogP contribution in [0.5, 0.6) is 0 Å². The molecular formula is C15H15Cl2N3O. The topological polar surface area (TPSA) is 58.4 Å². The van der Waals surface area contributed by atoms with E-state index in [0.717, 1.165) is 5.69 Å². The quantitative estimate of drug-likeness (QED) is 0.842. The van der Waals surface area contributed by atoms with Gasteiger partial charge in [0.15, 0.2) is 0 Å². The van der Waals surface area contributed by atoms with Crippen LogP contribution in [0.1, 0.15) is 10.4 Å². The predicted octanol–water partition coefficient (Wildman–Crippen LogP) is 3.89. The summed E-state index contributed by atoms with van der Waals surface area (Å²) in [6.45, 7) is 0. The Labute approximate surface area is 133 Å². The van der Waals surface area contributed by atoms with Gasteiger partial charge in [0.25, 0.3) is 5.91 Å². The molecule has 110 valence electrons. The van der Waals surface area contributed by atoms with Crippen molar-refractivity contribution in [2.45, 2.75) is 0 Å². The van der Waals surface area contributed by atoms with E-state index in [9.17, 15) is 4.79 Å². The number of nitrogens with two attached hydrogens (primary N) is 1. The van der Waals surface area contributed by atoms with E-state index in [-0.39, 0.29) is 5.91 Å². The van der Waals surface area contributed by atoms with Crippen molar-refractivity contribution in [1.82, 2.24) is 0 Å². The van der Waals surface area contributed by atoms with Crippen molar-refractivity contribution in [1.29, 1.82) is 0 Å². The molecule has 21 heavy (non-hydrogen) atoms. The molecule has 3 N–H and O–H groups in total. The number of halogens is 2. The average molecular weight is 324 g/mol. The number of carbonyl (C=O) groups is 1. The van der Waals surface area contributed by atoms with Crippen LogP contribution in [-0.4, -0.2) is 20.0 Å². The molecule has 0 fully saturated rings. The highest BCUT2D eigenvalue weighted by atomic mass is 35.5. The normalized spacial score (nSPS) is 10.3. The molecule has 2 aromatic carbocycles. The van der Waals surface area contributed by atoms with Gasteiger partial charge in [-0.3, -0.25) is 4.79 Å². The largest absolute Gasteiger partial charge is 0.399 e. The zero-order valence-corrected chi connectivity index (χ0v) is 13.2. The fraction of sp³-hybridized carbons (Fsp3) is 0.133. The van der Waals surface area contributed by atoms with Crippen molar-refractivity contribution in [3.05, 3.63) is 52.0 Å². The molecule has 0 bridgehead atoms. The zero-order valence-electron chi connectivity index (χ0n) is 11.7. The summed E-state index contributed by atoms with van der Waals surface area (Å²) in [5.74, 6) is -0.332. The van der Waals surface area contributed by atoms with E-state index < -0.39 is 0 Å². The molecule has 1 amide bonds. The van der Waals surface area contributed by atoms with E-state index in [4.69, 9.17) is 28.9 Å². The summed E-state index contributed by atoms with van der Waals surface area (Å²) in [5, 5.41) is 3.65. The summed E-state index contributed by atoms with van der Waals surface area (Å²) in [6, 6.07) is 10.1. The van der Waals surface area contributed by atoms with E-state index >= 15 is 0 Å². The molecule has 2 rings (SSSR count). The number of hydrogen-bond acceptors (Lipinski definition) is 3. The van der Waals surface area contributed by atoms with Gasteiger partial charge in [0.05, 0.1) is 21.3 Å². The highest BCUT2D eigenvalue weighted by Crippen LogP contribution is 2.28. The molecule has 0 aliphatic heterocycles. The molecule has 0 aromatic heterocycles. The van der Waals surface area contributed by atoms with Crippen LogP contribution in [0.3, 0.4) is 0 Å². The number of rotatable bonds is 3. The maximum absolute atomic E-state index is 12.2. The van der Waals surface area contributed by atoms with Gasteiger partial charge in [-0.1, -0.05) is 23.2 Å². The van der Waals surface area contributed by atoms with Crippen LogP contribution in [0.4, 0.5) is 17.1 Å². The van der Waals surface area contributed by atoms with Crippen LogP contribution in [0, 0.1) is 0 Å². The summed E-state index contributed by atoms with van der Waals surface area (Å²) in [5.41, 5.74) is 7.94. The lowest BCUT2D eigenvalue weighted by molar-refractivity contribution is 0.102. The summed E-state index contributed by atoms with van der Waals surface area (Å²) in [7, 11) is 3.79. The number of carbonyl (C=O) groups excluding carboxylic acids is 1. The summed E-state index contributed by atoms with van der Waals surface area (Å²) in [4.78, 5) is 14.1. The molecule has 2 aromatic rings. The molecular weight excluding hydrogens is 309 g/mol. The van der Waals surface area contributed by atoms with Crippen LogP contribution in [0.15, 0.2) is 36.4 Å². The Balaban J connectivity index is 2.24. The van der Waals surface area contributed by atoms with Crippen molar-refractivity contribution in [3.63, 3.8) is 0 Å². The maximum atomic E-state index is 12.2. The van der Waals surface area contributed by atoms with Gasteiger partial charge >= 0.3 is 0 Å². The predicted molar refractivity (Wildman–Crippen MR) is 89.6 cm³/mol. The van der Waals surface area contributed by atoms with Crippen molar-refractivity contribution < 1.29 is 4.79 Å². The minimum absolute atomic E-state index is 0.324. The molecule has 4 nitrogen and oxygen atoms in total. The first-order valence-corrected chi connectivity index (χ1v) is 6.97. The number of anilines is 3. The Morgan fingerprint density at radius 3 is 2.43 bits per heavy atom. The van der Waals surface area contributed by atoms with Crippen molar-refractivity contribution in [2.24, 2.45) is 0 Å². The van der Waals surface area contributed by atoms with Gasteiger partial charge in [-0.05, 0) is 36.4 Å². The molecule has 0 spiro atoms. The third kappa shape index (κ3) is 3.60. The number of hydrogen-bond donors (Lipinski definition) is 2. The fourth-order valence-electron chi connectivity index (χ4n) is 1.86. The highest BCUT2D eigenvalue weighted by molar-refractivity contribution is 6.35. The molecule has 0 heterocycles. The minimum Gasteiger partial charge on any atom is -0.399 e. The lowest BCUT2D eigenvalue weighted by atomic mass is 10.2. The first kappa shape index (κ1) is 15.5. The number of nitrogen functional groups attached to an aromatic ring is 1. The molecule has 0 unspecified atom stereocenters. The summed E-state index contributed by atoms with van der Waals surface area (Å²) in [6.07, 6.45) is 0. The van der Waals surface area contributed by atoms with Crippen LogP contribution in [-0.2, 0) is 0 Å². The third-order valence-corrected chi connectivity index (χ3v) is 3.55. The van der Waals surface area contributed by atoms with Gasteiger partial charge in [0.1, 0.15) is 0 Å². The second kappa shape index (κ2) is 6.24. The number of amides is 1. The van der Waals surface area contributed by atoms with Gasteiger partial charge in [0, 0.05) is 25.5 Å². The van der Waals surface area contributed by atoms with Gasteiger partial charge in [-0.15, -0.1) is 0 Å². The van der Waals surface area contributed by atoms with Crippen molar-refractivity contribution in [2.75, 3.05) is 30.0 Å². The third-order valence-electron chi connectivity index (χ3n) is 2.92. The first-order valence-electron chi connectivity index (χ1n) is 6.21. The zero-order chi connectivity index (χ0) is 15.6. The Morgan fingerprint density at radius 2 is 1.81 bits per heavy atom. The van der Waals surface area contributed by atoms with E-state index in [1.807, 2.05) is 25.1 Å². The Kier molecular flexibility index (Phi) is 4.60. The van der Waals surface area contributed by atoms with E-state index in [0.29, 0.717) is 27.0 Å². The number of benzene rings is 2. The SMILES string of the molecule is CN(C)c1ccc(NC(=O)c2cc(N)ccc2Cl)cc1Cl. The molecule has 0 saturated heterocycles. The van der Waals surface area contributed by atoms with Crippen LogP contribution in [0.2, 0.25) is 10.0 Å². The minimum atomic E-state index is -0.332. The van der Waals surface area contributed by atoms with Gasteiger partial charge in [0.2, 0.25) is 0 Å². The second-order valence-corrected chi connectivity index (χ2v) is 5.57.